The topological polar surface area (TPSA) is 96.6 Å². The summed E-state index contributed by atoms with van der Waals surface area (Å²) in [5.41, 5.74) is 0.485. The second-order valence-electron chi connectivity index (χ2n) is 5.17. The highest BCUT2D eigenvalue weighted by molar-refractivity contribution is 5.82. The molecule has 8 nitrogen and oxygen atoms in total. The fourth-order valence-electron chi connectivity index (χ4n) is 2.43. The summed E-state index contributed by atoms with van der Waals surface area (Å²) in [5.74, 6) is 0.175. The molecule has 0 amide bonds. The maximum Gasteiger partial charge on any atom is 0.311 e. The van der Waals surface area contributed by atoms with Crippen molar-refractivity contribution in [2.45, 2.75) is 25.6 Å². The van der Waals surface area contributed by atoms with Gasteiger partial charge in [-0.3, -0.25) is 10.1 Å². The van der Waals surface area contributed by atoms with Crippen LogP contribution in [0.1, 0.15) is 19.3 Å². The number of rotatable bonds is 6. The van der Waals surface area contributed by atoms with Crippen molar-refractivity contribution >= 4 is 16.6 Å². The molecule has 1 fully saturated rings. The van der Waals surface area contributed by atoms with Gasteiger partial charge in [0.25, 0.3) is 0 Å². The van der Waals surface area contributed by atoms with Gasteiger partial charge in [0.1, 0.15) is 12.9 Å². The van der Waals surface area contributed by atoms with Gasteiger partial charge < -0.3 is 14.2 Å². The summed E-state index contributed by atoms with van der Waals surface area (Å²) in [7, 11) is 0. The summed E-state index contributed by atoms with van der Waals surface area (Å²) in [5, 5.41) is 11.8. The van der Waals surface area contributed by atoms with Gasteiger partial charge in [0.2, 0.25) is 0 Å². The van der Waals surface area contributed by atoms with E-state index < -0.39 is 4.92 Å². The fraction of sp³-hybridized carbons (Fsp3) is 0.467. The zero-order valence-corrected chi connectivity index (χ0v) is 12.5. The molecular formula is C15H17N3O5. The predicted octanol–water partition coefficient (Wildman–Crippen LogP) is 2.46. The number of hydrogen-bond donors (Lipinski definition) is 0. The van der Waals surface area contributed by atoms with E-state index in [1.165, 1.54) is 18.6 Å². The van der Waals surface area contributed by atoms with Gasteiger partial charge in [-0.15, -0.1) is 0 Å². The molecule has 1 aliphatic heterocycles. The molecule has 8 heteroatoms. The van der Waals surface area contributed by atoms with Crippen molar-refractivity contribution in [2.24, 2.45) is 0 Å². The lowest BCUT2D eigenvalue weighted by molar-refractivity contribution is -0.385. The van der Waals surface area contributed by atoms with E-state index in [4.69, 9.17) is 14.2 Å². The number of ether oxygens (including phenoxy) is 3. The first-order valence-electron chi connectivity index (χ1n) is 7.48. The molecule has 0 bridgehead atoms. The summed E-state index contributed by atoms with van der Waals surface area (Å²) < 4.78 is 16.5. The highest BCUT2D eigenvalue weighted by atomic mass is 16.7. The lowest BCUT2D eigenvalue weighted by Crippen LogP contribution is -2.24. The Hall–Kier alpha value is -2.32. The number of nitro groups is 1. The third-order valence-corrected chi connectivity index (χ3v) is 3.56. The van der Waals surface area contributed by atoms with Crippen molar-refractivity contribution in [3.8, 4) is 5.75 Å². The molecule has 1 aliphatic rings. The fourth-order valence-corrected chi connectivity index (χ4v) is 2.43. The third kappa shape index (κ3) is 3.91. The normalized spacial score (nSPS) is 18.0. The van der Waals surface area contributed by atoms with Gasteiger partial charge in [-0.2, -0.15) is 0 Å². The van der Waals surface area contributed by atoms with Gasteiger partial charge >= 0.3 is 5.69 Å². The van der Waals surface area contributed by atoms with Gasteiger partial charge in [-0.25, -0.2) is 9.97 Å². The van der Waals surface area contributed by atoms with E-state index in [1.807, 2.05) is 0 Å². The minimum absolute atomic E-state index is 0.110. The number of aromatic nitrogens is 2. The molecule has 0 saturated carbocycles. The minimum atomic E-state index is -0.479. The maximum absolute atomic E-state index is 11.2. The first kappa shape index (κ1) is 15.6. The molecule has 3 rings (SSSR count). The summed E-state index contributed by atoms with van der Waals surface area (Å²) in [6, 6.07) is 2.96. The molecular weight excluding hydrogens is 302 g/mol. The molecule has 0 radical (unpaired) electrons. The first-order chi connectivity index (χ1) is 11.2. The molecule has 1 unspecified atom stereocenters. The molecule has 0 N–H and O–H groups in total. The Morgan fingerprint density at radius 1 is 1.35 bits per heavy atom. The average molecular weight is 319 g/mol. The molecule has 1 atom stereocenters. The zero-order valence-electron chi connectivity index (χ0n) is 12.5. The highest BCUT2D eigenvalue weighted by Gasteiger charge is 2.18. The molecule has 23 heavy (non-hydrogen) atoms. The number of fused-ring (bicyclic) bond motifs is 1. The van der Waals surface area contributed by atoms with E-state index in [9.17, 15) is 10.1 Å². The van der Waals surface area contributed by atoms with Gasteiger partial charge in [-0.1, -0.05) is 0 Å². The van der Waals surface area contributed by atoms with Crippen LogP contribution in [0.4, 0.5) is 5.69 Å². The van der Waals surface area contributed by atoms with Crippen LogP contribution in [0.25, 0.3) is 10.9 Å². The van der Waals surface area contributed by atoms with E-state index in [-0.39, 0.29) is 24.3 Å². The molecule has 1 aromatic heterocycles. The quantitative estimate of drug-likeness (QED) is 0.458. The number of nitrogens with zero attached hydrogens (tertiary/aromatic N) is 3. The molecule has 1 saturated heterocycles. The Bertz CT molecular complexity index is 688. The van der Waals surface area contributed by atoms with E-state index in [1.54, 1.807) is 6.07 Å². The molecule has 2 heterocycles. The van der Waals surface area contributed by atoms with Crippen LogP contribution in [0.2, 0.25) is 0 Å². The number of nitro benzene ring substituents is 1. The SMILES string of the molecule is O=[N+]([O-])c1cc2cncnc2cc1OCCOC1CCCCO1. The van der Waals surface area contributed by atoms with E-state index in [0.29, 0.717) is 24.1 Å². The van der Waals surface area contributed by atoms with Crippen LogP contribution < -0.4 is 4.74 Å². The summed E-state index contributed by atoms with van der Waals surface area (Å²) in [6.45, 7) is 1.22. The Morgan fingerprint density at radius 2 is 2.26 bits per heavy atom. The van der Waals surface area contributed by atoms with Gasteiger partial charge in [0.05, 0.1) is 17.0 Å². The Labute approximate surface area is 132 Å². The zero-order chi connectivity index (χ0) is 16.1. The maximum atomic E-state index is 11.2. The van der Waals surface area contributed by atoms with Gasteiger partial charge in [-0.05, 0) is 19.3 Å². The van der Waals surface area contributed by atoms with Crippen molar-refractivity contribution in [3.05, 3.63) is 34.8 Å². The smallest absolute Gasteiger partial charge is 0.311 e. The second kappa shape index (κ2) is 7.30. The summed E-state index contributed by atoms with van der Waals surface area (Å²) in [4.78, 5) is 18.6. The number of benzene rings is 1. The molecule has 0 spiro atoms. The van der Waals surface area contributed by atoms with E-state index in [0.717, 1.165) is 19.3 Å². The van der Waals surface area contributed by atoms with Gasteiger partial charge in [0, 0.05) is 30.3 Å². The van der Waals surface area contributed by atoms with Crippen molar-refractivity contribution in [2.75, 3.05) is 19.8 Å². The number of hydrogen-bond acceptors (Lipinski definition) is 7. The van der Waals surface area contributed by atoms with Crippen LogP contribution in [-0.2, 0) is 9.47 Å². The Kier molecular flexibility index (Phi) is 4.94. The van der Waals surface area contributed by atoms with Crippen molar-refractivity contribution < 1.29 is 19.1 Å². The van der Waals surface area contributed by atoms with Crippen LogP contribution in [0.15, 0.2) is 24.7 Å². The van der Waals surface area contributed by atoms with Gasteiger partial charge in [0.15, 0.2) is 12.0 Å². The van der Waals surface area contributed by atoms with Crippen molar-refractivity contribution in [3.63, 3.8) is 0 Å². The summed E-state index contributed by atoms with van der Waals surface area (Å²) in [6.07, 6.45) is 5.73. The lowest BCUT2D eigenvalue weighted by atomic mass is 10.2. The van der Waals surface area contributed by atoms with Crippen LogP contribution in [-0.4, -0.2) is 41.0 Å². The molecule has 0 aliphatic carbocycles. The largest absolute Gasteiger partial charge is 0.484 e. The predicted molar refractivity (Wildman–Crippen MR) is 81.2 cm³/mol. The lowest BCUT2D eigenvalue weighted by Gasteiger charge is -2.22. The van der Waals surface area contributed by atoms with Crippen LogP contribution in [0.3, 0.4) is 0 Å². The van der Waals surface area contributed by atoms with Crippen LogP contribution in [0.5, 0.6) is 5.75 Å². The average Bonchev–Trinajstić information content (AvgIpc) is 2.59. The monoisotopic (exact) mass is 319 g/mol. The molecule has 1 aromatic carbocycles. The minimum Gasteiger partial charge on any atom is -0.484 e. The Morgan fingerprint density at radius 3 is 3.04 bits per heavy atom. The second-order valence-corrected chi connectivity index (χ2v) is 5.17. The standard InChI is InChI=1S/C15H17N3O5/c19-18(20)13-7-11-9-16-10-17-12(11)8-14(13)21-5-6-23-15-3-1-2-4-22-15/h7-10,15H,1-6H2. The Balaban J connectivity index is 1.64. The highest BCUT2D eigenvalue weighted by Crippen LogP contribution is 2.31. The third-order valence-electron chi connectivity index (χ3n) is 3.56. The first-order valence-corrected chi connectivity index (χ1v) is 7.48. The van der Waals surface area contributed by atoms with E-state index in [2.05, 4.69) is 9.97 Å². The van der Waals surface area contributed by atoms with Crippen LogP contribution in [0, 0.1) is 10.1 Å². The molecule has 2 aromatic rings. The van der Waals surface area contributed by atoms with Crippen molar-refractivity contribution in [1.29, 1.82) is 0 Å². The summed E-state index contributed by atoms with van der Waals surface area (Å²) >= 11 is 0. The van der Waals surface area contributed by atoms with E-state index >= 15 is 0 Å². The van der Waals surface area contributed by atoms with Crippen molar-refractivity contribution in [1.82, 2.24) is 9.97 Å². The van der Waals surface area contributed by atoms with Crippen LogP contribution >= 0.6 is 0 Å². The molecule has 122 valence electrons.